The third kappa shape index (κ3) is 3.58. The lowest BCUT2D eigenvalue weighted by molar-refractivity contribution is -0.384. The van der Waals surface area contributed by atoms with Gasteiger partial charge in [0.05, 0.1) is 31.8 Å². The number of carbonyl (C=O) groups excluding carboxylic acids is 1. The molecule has 2 aromatic carbocycles. The molecule has 0 saturated heterocycles. The van der Waals surface area contributed by atoms with Crippen molar-refractivity contribution < 1.29 is 23.9 Å². The molecular weight excluding hydrogens is 364 g/mol. The molecule has 1 amide bonds. The topological polar surface area (TPSA) is 91.1 Å². The van der Waals surface area contributed by atoms with Gasteiger partial charge in [-0.15, -0.1) is 0 Å². The molecule has 0 spiro atoms. The fraction of sp³-hybridized carbons (Fsp3) is 0.350. The van der Waals surface area contributed by atoms with Crippen molar-refractivity contribution in [3.8, 4) is 11.5 Å². The third-order valence-electron chi connectivity index (χ3n) is 4.80. The van der Waals surface area contributed by atoms with Gasteiger partial charge in [-0.2, -0.15) is 0 Å². The molecule has 28 heavy (non-hydrogen) atoms. The summed E-state index contributed by atoms with van der Waals surface area (Å²) in [6.45, 7) is 2.48. The summed E-state index contributed by atoms with van der Waals surface area (Å²) in [6.07, 6.45) is 0.212. The number of rotatable bonds is 5. The zero-order chi connectivity index (χ0) is 20.3. The van der Waals surface area contributed by atoms with Crippen LogP contribution < -0.4 is 9.47 Å². The quantitative estimate of drug-likeness (QED) is 0.575. The number of methoxy groups -OCH3 is 2. The van der Waals surface area contributed by atoms with Crippen LogP contribution in [0.2, 0.25) is 0 Å². The highest BCUT2D eigenvalue weighted by atomic mass is 16.6. The standard InChI is InChI=1S/C20H22N2O6/c1-4-28-20(23)21-10-9-14-11-17(26-2)18(27-3)12-16(14)19(21)13-5-7-15(8-6-13)22(24)25/h5-8,11-12,19H,4,9-10H2,1-3H3. The van der Waals surface area contributed by atoms with Crippen molar-refractivity contribution in [1.82, 2.24) is 4.90 Å². The van der Waals surface area contributed by atoms with E-state index in [-0.39, 0.29) is 12.3 Å². The van der Waals surface area contributed by atoms with Crippen LogP contribution in [0.4, 0.5) is 10.5 Å². The largest absolute Gasteiger partial charge is 0.493 e. The number of fused-ring (bicyclic) bond motifs is 1. The Morgan fingerprint density at radius 3 is 2.39 bits per heavy atom. The van der Waals surface area contributed by atoms with Crippen molar-refractivity contribution >= 4 is 11.8 Å². The summed E-state index contributed by atoms with van der Waals surface area (Å²) < 4.78 is 16.1. The molecule has 3 rings (SSSR count). The Morgan fingerprint density at radius 1 is 1.18 bits per heavy atom. The van der Waals surface area contributed by atoms with E-state index in [0.717, 1.165) is 16.7 Å². The van der Waals surface area contributed by atoms with Gasteiger partial charge in [-0.05, 0) is 54.3 Å². The minimum absolute atomic E-state index is 0.00483. The lowest BCUT2D eigenvalue weighted by Crippen LogP contribution is -2.41. The number of benzene rings is 2. The van der Waals surface area contributed by atoms with Gasteiger partial charge in [0, 0.05) is 18.7 Å². The number of nitro benzene ring substituents is 1. The highest BCUT2D eigenvalue weighted by Gasteiger charge is 2.34. The van der Waals surface area contributed by atoms with Gasteiger partial charge in [0.1, 0.15) is 0 Å². The Labute approximate surface area is 162 Å². The van der Waals surface area contributed by atoms with Gasteiger partial charge in [-0.3, -0.25) is 15.0 Å². The summed E-state index contributed by atoms with van der Waals surface area (Å²) in [6, 6.07) is 9.53. The predicted molar refractivity (Wildman–Crippen MR) is 102 cm³/mol. The van der Waals surface area contributed by atoms with Gasteiger partial charge in [-0.1, -0.05) is 0 Å². The molecular formula is C20H22N2O6. The van der Waals surface area contributed by atoms with E-state index in [2.05, 4.69) is 0 Å². The van der Waals surface area contributed by atoms with Crippen LogP contribution >= 0.6 is 0 Å². The summed E-state index contributed by atoms with van der Waals surface area (Å²) in [4.78, 5) is 24.8. The number of nitro groups is 1. The van der Waals surface area contributed by atoms with E-state index in [9.17, 15) is 14.9 Å². The second kappa shape index (κ2) is 8.16. The first kappa shape index (κ1) is 19.5. The van der Waals surface area contributed by atoms with Crippen LogP contribution in [0.3, 0.4) is 0 Å². The molecule has 148 valence electrons. The molecule has 8 heteroatoms. The zero-order valence-corrected chi connectivity index (χ0v) is 16.0. The average Bonchev–Trinajstić information content (AvgIpc) is 2.71. The van der Waals surface area contributed by atoms with Gasteiger partial charge >= 0.3 is 6.09 Å². The van der Waals surface area contributed by atoms with E-state index in [4.69, 9.17) is 14.2 Å². The first-order valence-corrected chi connectivity index (χ1v) is 8.92. The molecule has 1 aliphatic rings. The molecule has 0 radical (unpaired) electrons. The Balaban J connectivity index is 2.12. The Hall–Kier alpha value is -3.29. The number of non-ortho nitro benzene ring substituents is 1. The summed E-state index contributed by atoms with van der Waals surface area (Å²) in [5, 5.41) is 11.0. The summed E-state index contributed by atoms with van der Waals surface area (Å²) in [5.41, 5.74) is 2.66. The molecule has 1 heterocycles. The number of nitrogens with zero attached hydrogens (tertiary/aromatic N) is 2. The molecule has 0 saturated carbocycles. The maximum Gasteiger partial charge on any atom is 0.410 e. The lowest BCUT2D eigenvalue weighted by atomic mass is 9.88. The van der Waals surface area contributed by atoms with E-state index in [1.807, 2.05) is 12.1 Å². The molecule has 2 aromatic rings. The molecule has 0 N–H and O–H groups in total. The van der Waals surface area contributed by atoms with Crippen LogP contribution in [0, 0.1) is 10.1 Å². The third-order valence-corrected chi connectivity index (χ3v) is 4.80. The number of carbonyl (C=O) groups is 1. The molecule has 8 nitrogen and oxygen atoms in total. The van der Waals surface area contributed by atoms with Crippen LogP contribution in [0.1, 0.15) is 29.7 Å². The Kier molecular flexibility index (Phi) is 5.67. The highest BCUT2D eigenvalue weighted by molar-refractivity contribution is 5.70. The average molecular weight is 386 g/mol. The van der Waals surface area contributed by atoms with Crippen LogP contribution in [0.5, 0.6) is 11.5 Å². The minimum atomic E-state index is -0.449. The first-order valence-electron chi connectivity index (χ1n) is 8.92. The first-order chi connectivity index (χ1) is 13.5. The maximum atomic E-state index is 12.6. The van der Waals surface area contributed by atoms with Crippen LogP contribution in [-0.2, 0) is 11.2 Å². The number of amides is 1. The van der Waals surface area contributed by atoms with Crippen molar-refractivity contribution in [2.24, 2.45) is 0 Å². The predicted octanol–water partition coefficient (Wildman–Crippen LogP) is 3.72. The van der Waals surface area contributed by atoms with E-state index in [0.29, 0.717) is 24.5 Å². The SMILES string of the molecule is CCOC(=O)N1CCc2cc(OC)c(OC)cc2C1c1ccc([N+](=O)[O-])cc1. The Morgan fingerprint density at radius 2 is 1.82 bits per heavy atom. The van der Waals surface area contributed by atoms with Crippen molar-refractivity contribution in [1.29, 1.82) is 0 Å². The van der Waals surface area contributed by atoms with E-state index in [1.54, 1.807) is 38.2 Å². The van der Waals surface area contributed by atoms with Crippen LogP contribution in [0.25, 0.3) is 0 Å². The van der Waals surface area contributed by atoms with Crippen molar-refractivity contribution in [3.63, 3.8) is 0 Å². The number of hydrogen-bond acceptors (Lipinski definition) is 6. The molecule has 0 fully saturated rings. The van der Waals surface area contributed by atoms with E-state index >= 15 is 0 Å². The van der Waals surface area contributed by atoms with E-state index in [1.165, 1.54) is 12.1 Å². The van der Waals surface area contributed by atoms with Crippen LogP contribution in [-0.4, -0.2) is 43.3 Å². The summed E-state index contributed by atoms with van der Waals surface area (Å²) in [5.74, 6) is 1.17. The van der Waals surface area contributed by atoms with Crippen molar-refractivity contribution in [2.75, 3.05) is 27.4 Å². The Bertz CT molecular complexity index is 881. The highest BCUT2D eigenvalue weighted by Crippen LogP contribution is 2.41. The fourth-order valence-corrected chi connectivity index (χ4v) is 3.49. The monoisotopic (exact) mass is 386 g/mol. The van der Waals surface area contributed by atoms with Gasteiger partial charge < -0.3 is 14.2 Å². The van der Waals surface area contributed by atoms with Crippen molar-refractivity contribution in [3.05, 3.63) is 63.2 Å². The van der Waals surface area contributed by atoms with Gasteiger partial charge in [-0.25, -0.2) is 4.79 Å². The number of hydrogen-bond donors (Lipinski definition) is 0. The zero-order valence-electron chi connectivity index (χ0n) is 16.0. The molecule has 1 unspecified atom stereocenters. The van der Waals surface area contributed by atoms with E-state index < -0.39 is 17.1 Å². The molecule has 0 bridgehead atoms. The number of ether oxygens (including phenoxy) is 3. The summed E-state index contributed by atoms with van der Waals surface area (Å²) >= 11 is 0. The second-order valence-electron chi connectivity index (χ2n) is 6.30. The van der Waals surface area contributed by atoms with Gasteiger partial charge in [0.2, 0.25) is 0 Å². The lowest BCUT2D eigenvalue weighted by Gasteiger charge is -2.37. The second-order valence-corrected chi connectivity index (χ2v) is 6.30. The van der Waals surface area contributed by atoms with Gasteiger partial charge in [0.25, 0.3) is 5.69 Å². The molecule has 1 aliphatic heterocycles. The molecule has 0 aliphatic carbocycles. The van der Waals surface area contributed by atoms with Crippen molar-refractivity contribution in [2.45, 2.75) is 19.4 Å². The van der Waals surface area contributed by atoms with Crippen LogP contribution in [0.15, 0.2) is 36.4 Å². The minimum Gasteiger partial charge on any atom is -0.493 e. The fourth-order valence-electron chi connectivity index (χ4n) is 3.49. The maximum absolute atomic E-state index is 12.6. The van der Waals surface area contributed by atoms with Gasteiger partial charge in [0.15, 0.2) is 11.5 Å². The molecule has 0 aromatic heterocycles. The normalized spacial score (nSPS) is 15.5. The molecule has 1 atom stereocenters. The summed E-state index contributed by atoms with van der Waals surface area (Å²) in [7, 11) is 3.13. The smallest absolute Gasteiger partial charge is 0.410 e.